The molecule has 26 heavy (non-hydrogen) atoms. The van der Waals surface area contributed by atoms with E-state index in [1.807, 2.05) is 17.0 Å². The number of halogens is 2. The van der Waals surface area contributed by atoms with E-state index in [0.717, 1.165) is 44.6 Å². The Morgan fingerprint density at radius 2 is 2.08 bits per heavy atom. The number of hydrogen-bond acceptors (Lipinski definition) is 4. The van der Waals surface area contributed by atoms with E-state index >= 15 is 0 Å². The van der Waals surface area contributed by atoms with E-state index in [4.69, 9.17) is 9.47 Å². The van der Waals surface area contributed by atoms with Gasteiger partial charge in [0.15, 0.2) is 5.96 Å². The SMILES string of the molecule is CN=C(NCc1ccc(N2CCOCC2)c(F)c1)NCC1CCCO1.I. The molecule has 0 radical (unpaired) electrons. The fourth-order valence-electron chi connectivity index (χ4n) is 3.14. The monoisotopic (exact) mass is 478 g/mol. The minimum atomic E-state index is -0.191. The number of guanidine groups is 1. The smallest absolute Gasteiger partial charge is 0.191 e. The van der Waals surface area contributed by atoms with Gasteiger partial charge in [0.05, 0.1) is 25.0 Å². The van der Waals surface area contributed by atoms with E-state index in [1.54, 1.807) is 13.1 Å². The third-order valence-corrected chi connectivity index (χ3v) is 4.57. The van der Waals surface area contributed by atoms with Crippen LogP contribution in [-0.2, 0) is 16.0 Å². The summed E-state index contributed by atoms with van der Waals surface area (Å²) in [5, 5.41) is 6.48. The molecule has 2 heterocycles. The number of nitrogens with one attached hydrogen (secondary N) is 2. The van der Waals surface area contributed by atoms with Gasteiger partial charge >= 0.3 is 0 Å². The van der Waals surface area contributed by atoms with Crippen molar-refractivity contribution in [3.8, 4) is 0 Å². The first-order valence-corrected chi connectivity index (χ1v) is 8.93. The molecule has 2 aliphatic heterocycles. The number of anilines is 1. The Kier molecular flexibility index (Phi) is 8.86. The van der Waals surface area contributed by atoms with Gasteiger partial charge < -0.3 is 25.0 Å². The average molecular weight is 478 g/mol. The Hall–Kier alpha value is -1.13. The van der Waals surface area contributed by atoms with Crippen LogP contribution >= 0.6 is 24.0 Å². The fraction of sp³-hybridized carbons (Fsp3) is 0.611. The molecule has 2 N–H and O–H groups in total. The maximum absolute atomic E-state index is 14.4. The van der Waals surface area contributed by atoms with E-state index in [9.17, 15) is 4.39 Å². The fourth-order valence-corrected chi connectivity index (χ4v) is 3.14. The highest BCUT2D eigenvalue weighted by molar-refractivity contribution is 14.0. The Morgan fingerprint density at radius 1 is 1.27 bits per heavy atom. The molecule has 146 valence electrons. The number of rotatable bonds is 5. The van der Waals surface area contributed by atoms with Gasteiger partial charge in [-0.1, -0.05) is 6.07 Å². The minimum absolute atomic E-state index is 0. The number of morpholine rings is 1. The molecular formula is C18H28FIN4O2. The van der Waals surface area contributed by atoms with Crippen LogP contribution in [0.2, 0.25) is 0 Å². The lowest BCUT2D eigenvalue weighted by atomic mass is 10.1. The second kappa shape index (κ2) is 10.9. The number of aliphatic imine (C=N–C) groups is 1. The van der Waals surface area contributed by atoms with Crippen molar-refractivity contribution >= 4 is 35.6 Å². The van der Waals surface area contributed by atoms with Gasteiger partial charge in [-0.2, -0.15) is 0 Å². The van der Waals surface area contributed by atoms with Crippen molar-refractivity contribution in [3.63, 3.8) is 0 Å². The van der Waals surface area contributed by atoms with Crippen molar-refractivity contribution < 1.29 is 13.9 Å². The molecule has 2 saturated heterocycles. The van der Waals surface area contributed by atoms with Gasteiger partial charge in [0.2, 0.25) is 0 Å². The summed E-state index contributed by atoms with van der Waals surface area (Å²) in [7, 11) is 1.73. The van der Waals surface area contributed by atoms with Gasteiger partial charge in [0.1, 0.15) is 5.82 Å². The van der Waals surface area contributed by atoms with E-state index < -0.39 is 0 Å². The molecule has 1 unspecified atom stereocenters. The first-order chi connectivity index (χ1) is 12.3. The normalized spacial score (nSPS) is 20.6. The topological polar surface area (TPSA) is 58.1 Å². The molecule has 2 fully saturated rings. The number of nitrogens with zero attached hydrogens (tertiary/aromatic N) is 2. The summed E-state index contributed by atoms with van der Waals surface area (Å²) >= 11 is 0. The van der Waals surface area contributed by atoms with Crippen molar-refractivity contribution in [3.05, 3.63) is 29.6 Å². The Morgan fingerprint density at radius 3 is 2.73 bits per heavy atom. The highest BCUT2D eigenvalue weighted by Crippen LogP contribution is 2.21. The second-order valence-electron chi connectivity index (χ2n) is 6.33. The molecule has 0 bridgehead atoms. The summed E-state index contributed by atoms with van der Waals surface area (Å²) in [5.74, 6) is 0.511. The maximum Gasteiger partial charge on any atom is 0.191 e. The summed E-state index contributed by atoms with van der Waals surface area (Å²) in [6.07, 6.45) is 2.45. The van der Waals surface area contributed by atoms with Crippen LogP contribution in [0.3, 0.4) is 0 Å². The van der Waals surface area contributed by atoms with Crippen molar-refractivity contribution in [2.45, 2.75) is 25.5 Å². The number of hydrogen-bond donors (Lipinski definition) is 2. The van der Waals surface area contributed by atoms with Crippen LogP contribution in [0.5, 0.6) is 0 Å². The lowest BCUT2D eigenvalue weighted by Crippen LogP contribution is -2.40. The molecule has 0 amide bonds. The highest BCUT2D eigenvalue weighted by atomic mass is 127. The Bertz CT molecular complexity index is 591. The minimum Gasteiger partial charge on any atom is -0.378 e. The summed E-state index contributed by atoms with van der Waals surface area (Å²) < 4.78 is 25.3. The first kappa shape index (κ1) is 21.2. The summed E-state index contributed by atoms with van der Waals surface area (Å²) in [5.41, 5.74) is 1.53. The van der Waals surface area contributed by atoms with Crippen molar-refractivity contribution in [2.24, 2.45) is 4.99 Å². The van der Waals surface area contributed by atoms with Crippen LogP contribution in [0.1, 0.15) is 18.4 Å². The third kappa shape index (κ3) is 5.95. The Balaban J connectivity index is 0.00000243. The summed E-state index contributed by atoms with van der Waals surface area (Å²) in [4.78, 5) is 6.23. The van der Waals surface area contributed by atoms with Gasteiger partial charge in [-0.25, -0.2) is 4.39 Å². The molecule has 1 aromatic rings. The van der Waals surface area contributed by atoms with Crippen LogP contribution < -0.4 is 15.5 Å². The molecule has 0 aliphatic carbocycles. The quantitative estimate of drug-likeness (QED) is 0.386. The lowest BCUT2D eigenvalue weighted by Gasteiger charge is -2.29. The van der Waals surface area contributed by atoms with Crippen LogP contribution in [0, 0.1) is 5.82 Å². The molecule has 3 rings (SSSR count). The van der Waals surface area contributed by atoms with Gasteiger partial charge in [0, 0.05) is 39.8 Å². The van der Waals surface area contributed by atoms with Gasteiger partial charge in [-0.15, -0.1) is 24.0 Å². The van der Waals surface area contributed by atoms with Crippen molar-refractivity contribution in [1.82, 2.24) is 10.6 Å². The predicted octanol–water partition coefficient (Wildman–Crippen LogP) is 2.12. The average Bonchev–Trinajstić information content (AvgIpc) is 3.16. The van der Waals surface area contributed by atoms with E-state index in [2.05, 4.69) is 15.6 Å². The maximum atomic E-state index is 14.4. The molecule has 0 aromatic heterocycles. The van der Waals surface area contributed by atoms with E-state index in [-0.39, 0.29) is 35.9 Å². The van der Waals surface area contributed by atoms with Crippen molar-refractivity contribution in [2.75, 3.05) is 51.4 Å². The number of ether oxygens (including phenoxy) is 2. The molecular weight excluding hydrogens is 450 g/mol. The van der Waals surface area contributed by atoms with Gasteiger partial charge in [-0.3, -0.25) is 4.99 Å². The van der Waals surface area contributed by atoms with Crippen LogP contribution in [0.15, 0.2) is 23.2 Å². The molecule has 6 nitrogen and oxygen atoms in total. The molecule has 2 aliphatic rings. The standard InChI is InChI=1S/C18H27FN4O2.HI/c1-20-18(22-13-15-3-2-8-25-15)21-12-14-4-5-17(16(19)11-14)23-6-9-24-10-7-23;/h4-5,11,15H,2-3,6-10,12-13H2,1H3,(H2,20,21,22);1H. The zero-order valence-corrected chi connectivity index (χ0v) is 17.5. The molecule has 1 atom stereocenters. The Labute approximate surface area is 171 Å². The van der Waals surface area contributed by atoms with Crippen LogP contribution in [-0.4, -0.2) is 58.6 Å². The molecule has 1 aromatic carbocycles. The molecule has 0 saturated carbocycles. The summed E-state index contributed by atoms with van der Waals surface area (Å²) in [6, 6.07) is 5.39. The van der Waals surface area contributed by atoms with Crippen LogP contribution in [0.4, 0.5) is 10.1 Å². The zero-order chi connectivity index (χ0) is 17.5. The third-order valence-electron chi connectivity index (χ3n) is 4.57. The van der Waals surface area contributed by atoms with E-state index in [0.29, 0.717) is 31.4 Å². The first-order valence-electron chi connectivity index (χ1n) is 8.93. The number of benzene rings is 1. The molecule has 8 heteroatoms. The predicted molar refractivity (Wildman–Crippen MR) is 112 cm³/mol. The second-order valence-corrected chi connectivity index (χ2v) is 6.33. The van der Waals surface area contributed by atoms with Gasteiger partial charge in [0.25, 0.3) is 0 Å². The van der Waals surface area contributed by atoms with Crippen LogP contribution in [0.25, 0.3) is 0 Å². The highest BCUT2D eigenvalue weighted by Gasteiger charge is 2.16. The van der Waals surface area contributed by atoms with E-state index in [1.165, 1.54) is 0 Å². The van der Waals surface area contributed by atoms with Gasteiger partial charge in [-0.05, 0) is 30.5 Å². The van der Waals surface area contributed by atoms with Crippen molar-refractivity contribution in [1.29, 1.82) is 0 Å². The summed E-state index contributed by atoms with van der Waals surface area (Å²) in [6.45, 7) is 4.86. The molecule has 0 spiro atoms. The zero-order valence-electron chi connectivity index (χ0n) is 15.2. The lowest BCUT2D eigenvalue weighted by molar-refractivity contribution is 0.114. The largest absolute Gasteiger partial charge is 0.378 e.